The van der Waals surface area contributed by atoms with Gasteiger partial charge in [0.1, 0.15) is 23.3 Å². The first kappa shape index (κ1) is 15.3. The molecule has 25 heavy (non-hydrogen) atoms. The molecule has 6 nitrogen and oxygen atoms in total. The van der Waals surface area contributed by atoms with Crippen LogP contribution in [0.25, 0.3) is 0 Å². The van der Waals surface area contributed by atoms with Gasteiger partial charge in [-0.3, -0.25) is 0 Å². The largest absolute Gasteiger partial charge is 0.356 e. The van der Waals surface area contributed by atoms with Crippen LogP contribution in [0.1, 0.15) is 73.5 Å². The van der Waals surface area contributed by atoms with E-state index in [1.54, 1.807) is 0 Å². The molecular formula is C19H26N6. The molecule has 132 valence electrons. The Kier molecular flexibility index (Phi) is 3.71. The van der Waals surface area contributed by atoms with E-state index < -0.39 is 0 Å². The molecule has 0 N–H and O–H groups in total. The first-order valence-corrected chi connectivity index (χ1v) is 9.80. The molecule has 0 spiro atoms. The molecule has 5 rings (SSSR count). The Morgan fingerprint density at radius 3 is 2.68 bits per heavy atom. The summed E-state index contributed by atoms with van der Waals surface area (Å²) in [7, 11) is 0. The zero-order valence-corrected chi connectivity index (χ0v) is 15.0. The Bertz CT molecular complexity index is 778. The van der Waals surface area contributed by atoms with Gasteiger partial charge in [-0.1, -0.05) is 6.42 Å². The maximum atomic E-state index is 4.94. The lowest BCUT2D eigenvalue weighted by Gasteiger charge is -2.34. The van der Waals surface area contributed by atoms with Crippen LogP contribution in [0.2, 0.25) is 0 Å². The quantitative estimate of drug-likeness (QED) is 0.861. The van der Waals surface area contributed by atoms with E-state index in [9.17, 15) is 0 Å². The molecule has 1 saturated carbocycles. The molecule has 2 aromatic rings. The number of aryl methyl sites for hydroxylation is 2. The summed E-state index contributed by atoms with van der Waals surface area (Å²) in [5.74, 6) is 5.60. The van der Waals surface area contributed by atoms with Gasteiger partial charge < -0.3 is 9.47 Å². The van der Waals surface area contributed by atoms with Crippen LogP contribution in [0.4, 0.5) is 5.82 Å². The maximum absolute atomic E-state index is 4.94. The van der Waals surface area contributed by atoms with Gasteiger partial charge in [-0.05, 0) is 39.0 Å². The highest BCUT2D eigenvalue weighted by Crippen LogP contribution is 2.36. The molecule has 1 saturated heterocycles. The smallest absolute Gasteiger partial charge is 0.137 e. The fraction of sp³-hybridized carbons (Fsp3) is 0.684. The van der Waals surface area contributed by atoms with Gasteiger partial charge in [-0.15, -0.1) is 10.2 Å². The first-order chi connectivity index (χ1) is 12.3. The zero-order chi connectivity index (χ0) is 16.8. The molecule has 2 fully saturated rings. The fourth-order valence-electron chi connectivity index (χ4n) is 4.46. The van der Waals surface area contributed by atoms with Crippen LogP contribution in [0, 0.1) is 6.92 Å². The van der Waals surface area contributed by atoms with Crippen molar-refractivity contribution in [3.63, 3.8) is 0 Å². The topological polar surface area (TPSA) is 59.7 Å². The average Bonchev–Trinajstić information content (AvgIpc) is 3.16. The van der Waals surface area contributed by atoms with Gasteiger partial charge in [0.05, 0.1) is 0 Å². The monoisotopic (exact) mass is 338 g/mol. The Hall–Kier alpha value is -1.98. The second-order valence-electron chi connectivity index (χ2n) is 7.87. The number of aromatic nitrogens is 5. The second-order valence-corrected chi connectivity index (χ2v) is 7.87. The van der Waals surface area contributed by atoms with Crippen LogP contribution >= 0.6 is 0 Å². The summed E-state index contributed by atoms with van der Waals surface area (Å²) in [6.07, 6.45) is 8.50. The molecule has 1 aliphatic carbocycles. The number of piperidine rings is 1. The van der Waals surface area contributed by atoms with Crippen LogP contribution in [0.15, 0.2) is 6.07 Å². The third kappa shape index (κ3) is 2.71. The van der Waals surface area contributed by atoms with Crippen molar-refractivity contribution >= 4 is 5.82 Å². The van der Waals surface area contributed by atoms with E-state index in [0.717, 1.165) is 43.4 Å². The predicted octanol–water partition coefficient (Wildman–Crippen LogP) is 2.97. The van der Waals surface area contributed by atoms with Crippen LogP contribution in [-0.4, -0.2) is 37.8 Å². The minimum atomic E-state index is 0.468. The standard InChI is InChI=1S/C19H26N6/c1-13-11-17(21-18(20-13)14-5-2-6-14)24-9-3-7-15(12-24)19-23-22-16-8-4-10-25(16)19/h11,14-15H,2-10,12H2,1H3. The number of nitrogens with zero attached hydrogens (tertiary/aromatic N) is 6. The Labute approximate surface area is 148 Å². The number of fused-ring (bicyclic) bond motifs is 1. The predicted molar refractivity (Wildman–Crippen MR) is 95.9 cm³/mol. The fourth-order valence-corrected chi connectivity index (χ4v) is 4.46. The highest BCUT2D eigenvalue weighted by molar-refractivity contribution is 5.41. The molecule has 0 bridgehead atoms. The maximum Gasteiger partial charge on any atom is 0.137 e. The molecule has 1 unspecified atom stereocenters. The molecule has 0 radical (unpaired) electrons. The van der Waals surface area contributed by atoms with Crippen LogP contribution in [0.5, 0.6) is 0 Å². The van der Waals surface area contributed by atoms with Crippen molar-refractivity contribution in [2.45, 2.75) is 70.3 Å². The Morgan fingerprint density at radius 2 is 1.84 bits per heavy atom. The van der Waals surface area contributed by atoms with Crippen molar-refractivity contribution in [1.82, 2.24) is 24.7 Å². The third-order valence-corrected chi connectivity index (χ3v) is 6.08. The van der Waals surface area contributed by atoms with Gasteiger partial charge >= 0.3 is 0 Å². The minimum Gasteiger partial charge on any atom is -0.356 e. The van der Waals surface area contributed by atoms with Gasteiger partial charge in [0.2, 0.25) is 0 Å². The van der Waals surface area contributed by atoms with Crippen LogP contribution in [0.3, 0.4) is 0 Å². The van der Waals surface area contributed by atoms with Crippen LogP contribution in [-0.2, 0) is 13.0 Å². The lowest BCUT2D eigenvalue weighted by Crippen LogP contribution is -2.36. The second kappa shape index (κ2) is 6.07. The Balaban J connectivity index is 1.40. The van der Waals surface area contributed by atoms with E-state index in [2.05, 4.69) is 32.7 Å². The van der Waals surface area contributed by atoms with Crippen molar-refractivity contribution in [3.05, 3.63) is 29.2 Å². The van der Waals surface area contributed by atoms with Crippen LogP contribution < -0.4 is 4.90 Å². The molecule has 4 heterocycles. The van der Waals surface area contributed by atoms with Crippen molar-refractivity contribution in [1.29, 1.82) is 0 Å². The SMILES string of the molecule is Cc1cc(N2CCCC(c3nnc4n3CCC4)C2)nc(C2CCC2)n1. The molecule has 2 aliphatic heterocycles. The summed E-state index contributed by atoms with van der Waals surface area (Å²) in [6, 6.07) is 2.15. The highest BCUT2D eigenvalue weighted by Gasteiger charge is 2.30. The van der Waals surface area contributed by atoms with E-state index in [4.69, 9.17) is 9.97 Å². The number of hydrogen-bond acceptors (Lipinski definition) is 5. The normalized spacial score (nSPS) is 23.6. The molecule has 3 aliphatic rings. The van der Waals surface area contributed by atoms with Gasteiger partial charge in [0.15, 0.2) is 0 Å². The van der Waals surface area contributed by atoms with E-state index in [0.29, 0.717) is 11.8 Å². The van der Waals surface area contributed by atoms with Gasteiger partial charge in [-0.25, -0.2) is 9.97 Å². The third-order valence-electron chi connectivity index (χ3n) is 6.08. The molecule has 0 aromatic carbocycles. The van der Waals surface area contributed by atoms with Crippen molar-refractivity contribution in [2.75, 3.05) is 18.0 Å². The van der Waals surface area contributed by atoms with E-state index in [1.807, 2.05) is 0 Å². The van der Waals surface area contributed by atoms with Crippen molar-refractivity contribution in [3.8, 4) is 0 Å². The molecule has 1 atom stereocenters. The highest BCUT2D eigenvalue weighted by atomic mass is 15.3. The van der Waals surface area contributed by atoms with Crippen molar-refractivity contribution < 1.29 is 0 Å². The molecule has 2 aromatic heterocycles. The van der Waals surface area contributed by atoms with Gasteiger partial charge in [0.25, 0.3) is 0 Å². The summed E-state index contributed by atoms with van der Waals surface area (Å²) in [5.41, 5.74) is 1.09. The van der Waals surface area contributed by atoms with E-state index in [1.165, 1.54) is 50.2 Å². The number of anilines is 1. The first-order valence-electron chi connectivity index (χ1n) is 9.80. The van der Waals surface area contributed by atoms with E-state index >= 15 is 0 Å². The number of hydrogen-bond donors (Lipinski definition) is 0. The molecule has 0 amide bonds. The summed E-state index contributed by atoms with van der Waals surface area (Å²) in [6.45, 7) is 5.27. The average molecular weight is 338 g/mol. The van der Waals surface area contributed by atoms with E-state index in [-0.39, 0.29) is 0 Å². The molecule has 6 heteroatoms. The number of rotatable bonds is 3. The van der Waals surface area contributed by atoms with Gasteiger partial charge in [-0.2, -0.15) is 0 Å². The lowest BCUT2D eigenvalue weighted by molar-refractivity contribution is 0.399. The lowest BCUT2D eigenvalue weighted by atomic mass is 9.85. The Morgan fingerprint density at radius 1 is 0.960 bits per heavy atom. The minimum absolute atomic E-state index is 0.468. The summed E-state index contributed by atoms with van der Waals surface area (Å²) >= 11 is 0. The van der Waals surface area contributed by atoms with Gasteiger partial charge in [0, 0.05) is 49.7 Å². The summed E-state index contributed by atoms with van der Waals surface area (Å²) in [4.78, 5) is 12.1. The molecular weight excluding hydrogens is 312 g/mol. The summed E-state index contributed by atoms with van der Waals surface area (Å²) in [5, 5.41) is 8.94. The van der Waals surface area contributed by atoms with Crippen molar-refractivity contribution in [2.24, 2.45) is 0 Å². The summed E-state index contributed by atoms with van der Waals surface area (Å²) < 4.78 is 2.36. The zero-order valence-electron chi connectivity index (χ0n) is 15.0.